The van der Waals surface area contributed by atoms with Crippen LogP contribution >= 0.6 is 0 Å². The van der Waals surface area contributed by atoms with E-state index in [0.717, 1.165) is 0 Å². The molecular weight excluding hydrogens is 199 g/mol. The van der Waals surface area contributed by atoms with Gasteiger partial charge in [-0.1, -0.05) is 19.9 Å². The van der Waals surface area contributed by atoms with Crippen LogP contribution in [-0.2, 0) is 9.53 Å². The predicted octanol–water partition coefficient (Wildman–Crippen LogP) is 1.85. The SMILES string of the molecule is C=CC[C@@](F)(C(=O)OCC)[C@@H](O)C(C)C. The zero-order valence-corrected chi connectivity index (χ0v) is 9.50. The van der Waals surface area contributed by atoms with Gasteiger partial charge in [-0.2, -0.15) is 0 Å². The first-order valence-corrected chi connectivity index (χ1v) is 5.05. The lowest BCUT2D eigenvalue weighted by atomic mass is 9.87. The molecule has 1 N–H and O–H groups in total. The molecule has 0 aromatic rings. The van der Waals surface area contributed by atoms with Gasteiger partial charge in [0.1, 0.15) is 6.10 Å². The zero-order valence-electron chi connectivity index (χ0n) is 9.50. The Balaban J connectivity index is 4.86. The van der Waals surface area contributed by atoms with E-state index in [1.807, 2.05) is 0 Å². The molecule has 4 heteroatoms. The van der Waals surface area contributed by atoms with Crippen LogP contribution < -0.4 is 0 Å². The number of aliphatic hydroxyl groups is 1. The summed E-state index contributed by atoms with van der Waals surface area (Å²) in [6.07, 6.45) is -0.359. The van der Waals surface area contributed by atoms with E-state index >= 15 is 0 Å². The summed E-state index contributed by atoms with van der Waals surface area (Å²) in [5.74, 6) is -1.38. The molecule has 0 rings (SSSR count). The standard InChI is InChI=1S/C11H19FO3/c1-5-7-11(12,9(13)8(3)4)10(14)15-6-2/h5,8-9,13H,1,6-7H2,2-4H3/t9-,11-/m0/s1. The average molecular weight is 218 g/mol. The topological polar surface area (TPSA) is 46.5 Å². The fourth-order valence-electron chi connectivity index (χ4n) is 1.31. The number of aliphatic hydroxyl groups excluding tert-OH is 1. The number of allylic oxidation sites excluding steroid dienone is 1. The molecule has 0 bridgehead atoms. The molecule has 0 fully saturated rings. The highest BCUT2D eigenvalue weighted by Gasteiger charge is 2.47. The first-order chi connectivity index (χ1) is 6.90. The van der Waals surface area contributed by atoms with Crippen molar-refractivity contribution in [1.29, 1.82) is 0 Å². The summed E-state index contributed by atoms with van der Waals surface area (Å²) < 4.78 is 18.8. The van der Waals surface area contributed by atoms with E-state index in [-0.39, 0.29) is 18.9 Å². The molecular formula is C11H19FO3. The smallest absolute Gasteiger partial charge is 0.346 e. The van der Waals surface area contributed by atoms with Gasteiger partial charge < -0.3 is 9.84 Å². The van der Waals surface area contributed by atoms with Gasteiger partial charge in [-0.05, 0) is 12.8 Å². The number of ether oxygens (including phenoxy) is 1. The monoisotopic (exact) mass is 218 g/mol. The van der Waals surface area contributed by atoms with Crippen molar-refractivity contribution >= 4 is 5.97 Å². The van der Waals surface area contributed by atoms with Crippen LogP contribution in [0.2, 0.25) is 0 Å². The van der Waals surface area contributed by atoms with E-state index in [2.05, 4.69) is 11.3 Å². The quantitative estimate of drug-likeness (QED) is 0.546. The molecule has 0 aromatic heterocycles. The molecule has 0 heterocycles. The molecule has 15 heavy (non-hydrogen) atoms. The second kappa shape index (κ2) is 5.85. The minimum absolute atomic E-state index is 0.0897. The van der Waals surface area contributed by atoms with Crippen molar-refractivity contribution in [3.63, 3.8) is 0 Å². The summed E-state index contributed by atoms with van der Waals surface area (Å²) in [5, 5.41) is 9.65. The van der Waals surface area contributed by atoms with Crippen LogP contribution in [-0.4, -0.2) is 29.5 Å². The Bertz CT molecular complexity index is 228. The van der Waals surface area contributed by atoms with Crippen LogP contribution in [0.25, 0.3) is 0 Å². The van der Waals surface area contributed by atoms with E-state index in [1.54, 1.807) is 20.8 Å². The Morgan fingerprint density at radius 2 is 2.20 bits per heavy atom. The van der Waals surface area contributed by atoms with Gasteiger partial charge in [0, 0.05) is 6.42 Å². The lowest BCUT2D eigenvalue weighted by Gasteiger charge is -2.29. The average Bonchev–Trinajstić information content (AvgIpc) is 2.17. The molecule has 0 saturated heterocycles. The maximum Gasteiger partial charge on any atom is 0.346 e. The van der Waals surface area contributed by atoms with Gasteiger partial charge in [0.2, 0.25) is 5.67 Å². The van der Waals surface area contributed by atoms with Crippen LogP contribution in [0.1, 0.15) is 27.2 Å². The molecule has 0 amide bonds. The molecule has 0 aliphatic carbocycles. The van der Waals surface area contributed by atoms with Gasteiger partial charge in [0.15, 0.2) is 0 Å². The number of carbonyl (C=O) groups excluding carboxylic acids is 1. The van der Waals surface area contributed by atoms with E-state index in [0.29, 0.717) is 0 Å². The van der Waals surface area contributed by atoms with Crippen molar-refractivity contribution in [1.82, 2.24) is 0 Å². The fraction of sp³-hybridized carbons (Fsp3) is 0.727. The number of esters is 1. The second-order valence-corrected chi connectivity index (χ2v) is 3.76. The van der Waals surface area contributed by atoms with Crippen molar-refractivity contribution < 1.29 is 19.0 Å². The largest absolute Gasteiger partial charge is 0.464 e. The third-order valence-electron chi connectivity index (χ3n) is 2.16. The van der Waals surface area contributed by atoms with Crippen LogP contribution in [0.3, 0.4) is 0 Å². The summed E-state index contributed by atoms with van der Waals surface area (Å²) in [6, 6.07) is 0. The van der Waals surface area contributed by atoms with E-state index < -0.39 is 17.7 Å². The number of halogens is 1. The van der Waals surface area contributed by atoms with Crippen LogP contribution in [0, 0.1) is 5.92 Å². The number of alkyl halides is 1. The molecule has 0 unspecified atom stereocenters. The second-order valence-electron chi connectivity index (χ2n) is 3.76. The molecule has 88 valence electrons. The Morgan fingerprint density at radius 1 is 1.67 bits per heavy atom. The third kappa shape index (κ3) is 3.30. The summed E-state index contributed by atoms with van der Waals surface area (Å²) in [5.41, 5.74) is -2.38. The summed E-state index contributed by atoms with van der Waals surface area (Å²) >= 11 is 0. The first kappa shape index (κ1) is 14.1. The van der Waals surface area contributed by atoms with Crippen molar-refractivity contribution in [2.45, 2.75) is 39.0 Å². The molecule has 2 atom stereocenters. The van der Waals surface area contributed by atoms with Gasteiger partial charge in [-0.15, -0.1) is 6.58 Å². The van der Waals surface area contributed by atoms with Crippen molar-refractivity contribution in [2.24, 2.45) is 5.92 Å². The van der Waals surface area contributed by atoms with Gasteiger partial charge in [-0.25, -0.2) is 9.18 Å². The molecule has 0 aromatic carbocycles. The van der Waals surface area contributed by atoms with Gasteiger partial charge in [0.25, 0.3) is 0 Å². The highest BCUT2D eigenvalue weighted by Crippen LogP contribution is 2.28. The Morgan fingerprint density at radius 3 is 2.53 bits per heavy atom. The molecule has 0 spiro atoms. The Hall–Kier alpha value is -0.900. The number of hydrogen-bond acceptors (Lipinski definition) is 3. The van der Waals surface area contributed by atoms with Gasteiger partial charge in [-0.3, -0.25) is 0 Å². The maximum atomic E-state index is 14.2. The minimum Gasteiger partial charge on any atom is -0.464 e. The van der Waals surface area contributed by atoms with Crippen LogP contribution in [0.4, 0.5) is 4.39 Å². The first-order valence-electron chi connectivity index (χ1n) is 5.05. The van der Waals surface area contributed by atoms with Crippen LogP contribution in [0.15, 0.2) is 12.7 Å². The molecule has 3 nitrogen and oxygen atoms in total. The van der Waals surface area contributed by atoms with E-state index in [4.69, 9.17) is 0 Å². The summed E-state index contributed by atoms with van der Waals surface area (Å²) in [4.78, 5) is 11.4. The number of rotatable bonds is 6. The van der Waals surface area contributed by atoms with Crippen molar-refractivity contribution in [3.05, 3.63) is 12.7 Å². The summed E-state index contributed by atoms with van der Waals surface area (Å²) in [7, 11) is 0. The number of hydrogen-bond donors (Lipinski definition) is 1. The number of carbonyl (C=O) groups is 1. The van der Waals surface area contributed by atoms with Gasteiger partial charge >= 0.3 is 5.97 Å². The van der Waals surface area contributed by atoms with Crippen LogP contribution in [0.5, 0.6) is 0 Å². The normalized spacial score (nSPS) is 16.9. The van der Waals surface area contributed by atoms with E-state index in [1.165, 1.54) is 6.08 Å². The fourth-order valence-corrected chi connectivity index (χ4v) is 1.31. The summed E-state index contributed by atoms with van der Waals surface area (Å²) in [6.45, 7) is 8.33. The lowest BCUT2D eigenvalue weighted by Crippen LogP contribution is -2.48. The third-order valence-corrected chi connectivity index (χ3v) is 2.16. The Kier molecular flexibility index (Phi) is 5.50. The highest BCUT2D eigenvalue weighted by atomic mass is 19.1. The Labute approximate surface area is 89.9 Å². The molecule has 0 aliphatic rings. The van der Waals surface area contributed by atoms with Crippen molar-refractivity contribution in [3.8, 4) is 0 Å². The molecule has 0 saturated carbocycles. The predicted molar refractivity (Wildman–Crippen MR) is 56.1 cm³/mol. The highest BCUT2D eigenvalue weighted by molar-refractivity contribution is 5.80. The van der Waals surface area contributed by atoms with Gasteiger partial charge in [0.05, 0.1) is 6.61 Å². The van der Waals surface area contributed by atoms with E-state index in [9.17, 15) is 14.3 Å². The lowest BCUT2D eigenvalue weighted by molar-refractivity contribution is -0.168. The molecule has 0 radical (unpaired) electrons. The zero-order chi connectivity index (χ0) is 12.1. The van der Waals surface area contributed by atoms with Crippen molar-refractivity contribution in [2.75, 3.05) is 6.61 Å². The minimum atomic E-state index is -2.38. The molecule has 0 aliphatic heterocycles. The maximum absolute atomic E-state index is 14.2.